The van der Waals surface area contributed by atoms with Crippen molar-refractivity contribution >= 4 is 29.5 Å². The Morgan fingerprint density at radius 2 is 1.35 bits per heavy atom. The predicted molar refractivity (Wildman–Crippen MR) is 102 cm³/mol. The van der Waals surface area contributed by atoms with Gasteiger partial charge in [0.05, 0.1) is 0 Å². The van der Waals surface area contributed by atoms with E-state index < -0.39 is 8.32 Å². The van der Waals surface area contributed by atoms with Gasteiger partial charge in [0.2, 0.25) is 0 Å². The fourth-order valence-corrected chi connectivity index (χ4v) is 7.03. The summed E-state index contributed by atoms with van der Waals surface area (Å²) in [6.45, 7) is 8.75. The zero-order valence-electron chi connectivity index (χ0n) is 14.3. The van der Waals surface area contributed by atoms with Gasteiger partial charge in [0.25, 0.3) is 8.32 Å². The largest absolute Gasteiger partial charge is 0.404 e. The van der Waals surface area contributed by atoms with E-state index in [1.165, 1.54) is 21.1 Å². The third-order valence-electron chi connectivity index (χ3n) is 4.14. The lowest BCUT2D eigenvalue weighted by Gasteiger charge is -2.36. The molecular formula is C21H24OSi. The molecule has 3 aromatic carbocycles. The smallest absolute Gasteiger partial charge is 0.254 e. The third-order valence-corrected chi connectivity index (χ3v) is 8.06. The summed E-state index contributed by atoms with van der Waals surface area (Å²) in [6, 6.07) is 25.9. The second-order valence-corrected chi connectivity index (χ2v) is 10.5. The Labute approximate surface area is 140 Å². The topological polar surface area (TPSA) is 9.23 Å². The molecule has 0 aliphatic carbocycles. The van der Waals surface area contributed by atoms with Crippen molar-refractivity contribution in [3.05, 3.63) is 72.8 Å². The van der Waals surface area contributed by atoms with Crippen LogP contribution in [-0.4, -0.2) is 13.9 Å². The minimum Gasteiger partial charge on any atom is -0.404 e. The zero-order chi connectivity index (χ0) is 16.5. The van der Waals surface area contributed by atoms with Gasteiger partial charge in [0, 0.05) is 5.60 Å². The number of fused-ring (bicyclic) bond motifs is 1. The highest BCUT2D eigenvalue weighted by atomic mass is 28.4. The molecule has 0 fully saturated rings. The lowest BCUT2D eigenvalue weighted by atomic mass is 10.1. The molecule has 0 aromatic heterocycles. The lowest BCUT2D eigenvalue weighted by Crippen LogP contribution is -2.61. The van der Waals surface area contributed by atoms with Crippen LogP contribution in [0.1, 0.15) is 20.8 Å². The maximum absolute atomic E-state index is 6.74. The van der Waals surface area contributed by atoms with E-state index >= 15 is 0 Å². The monoisotopic (exact) mass is 320 g/mol. The fraction of sp³-hybridized carbons (Fsp3) is 0.238. The third kappa shape index (κ3) is 3.24. The number of hydrogen-bond donors (Lipinski definition) is 0. The summed E-state index contributed by atoms with van der Waals surface area (Å²) in [5.41, 5.74) is -0.187. The maximum Gasteiger partial charge on any atom is 0.254 e. The molecule has 3 rings (SSSR count). The van der Waals surface area contributed by atoms with Crippen LogP contribution in [0, 0.1) is 0 Å². The molecule has 0 bridgehead atoms. The van der Waals surface area contributed by atoms with Crippen molar-refractivity contribution in [2.24, 2.45) is 0 Å². The Bertz CT molecular complexity index is 799. The van der Waals surface area contributed by atoms with Gasteiger partial charge < -0.3 is 4.43 Å². The molecule has 0 saturated heterocycles. The normalized spacial score (nSPS) is 14.6. The maximum atomic E-state index is 6.74. The number of benzene rings is 3. The van der Waals surface area contributed by atoms with Crippen molar-refractivity contribution in [3.8, 4) is 0 Å². The minimum absolute atomic E-state index is 0.187. The van der Waals surface area contributed by atoms with Crippen LogP contribution in [0.15, 0.2) is 72.8 Å². The SMILES string of the molecule is CC(C)(C)O[Si@](C)(c1ccccc1)c1cccc2ccccc12. The standard InChI is InChI=1S/C21H24OSi/c1-21(2,3)22-23(4,18-13-6-5-7-14-18)20-16-10-12-17-11-8-9-15-19(17)20/h5-16H,1-4H3/t23-/m1/s1. The van der Waals surface area contributed by atoms with Crippen LogP contribution in [0.5, 0.6) is 0 Å². The van der Waals surface area contributed by atoms with E-state index in [9.17, 15) is 0 Å². The highest BCUT2D eigenvalue weighted by Crippen LogP contribution is 2.21. The van der Waals surface area contributed by atoms with Crippen LogP contribution in [0.25, 0.3) is 10.8 Å². The van der Waals surface area contributed by atoms with Crippen molar-refractivity contribution < 1.29 is 4.43 Å². The Morgan fingerprint density at radius 1 is 0.739 bits per heavy atom. The molecule has 0 N–H and O–H groups in total. The van der Waals surface area contributed by atoms with Crippen molar-refractivity contribution in [2.45, 2.75) is 32.9 Å². The van der Waals surface area contributed by atoms with E-state index in [2.05, 4.69) is 100 Å². The minimum atomic E-state index is -2.30. The Morgan fingerprint density at radius 3 is 2.04 bits per heavy atom. The molecule has 1 atom stereocenters. The molecular weight excluding hydrogens is 296 g/mol. The summed E-state index contributed by atoms with van der Waals surface area (Å²) >= 11 is 0. The van der Waals surface area contributed by atoms with Crippen molar-refractivity contribution in [3.63, 3.8) is 0 Å². The van der Waals surface area contributed by atoms with Crippen LogP contribution in [0.2, 0.25) is 6.55 Å². The molecule has 23 heavy (non-hydrogen) atoms. The first-order chi connectivity index (χ1) is 10.9. The van der Waals surface area contributed by atoms with Gasteiger partial charge in [0.15, 0.2) is 0 Å². The van der Waals surface area contributed by atoms with Gasteiger partial charge in [0.1, 0.15) is 0 Å². The van der Waals surface area contributed by atoms with Crippen LogP contribution >= 0.6 is 0 Å². The highest BCUT2D eigenvalue weighted by Gasteiger charge is 2.38. The second kappa shape index (κ2) is 5.95. The van der Waals surface area contributed by atoms with E-state index in [0.717, 1.165) is 0 Å². The number of hydrogen-bond acceptors (Lipinski definition) is 1. The van der Waals surface area contributed by atoms with Gasteiger partial charge in [-0.2, -0.15) is 0 Å². The van der Waals surface area contributed by atoms with Gasteiger partial charge in [-0.05, 0) is 48.5 Å². The molecule has 0 radical (unpaired) electrons. The predicted octanol–water partition coefficient (Wildman–Crippen LogP) is 4.34. The molecule has 0 aliphatic rings. The fourth-order valence-electron chi connectivity index (χ4n) is 3.28. The van der Waals surface area contributed by atoms with E-state index in [4.69, 9.17) is 4.43 Å². The molecule has 0 spiro atoms. The average molecular weight is 321 g/mol. The van der Waals surface area contributed by atoms with Crippen LogP contribution < -0.4 is 10.4 Å². The van der Waals surface area contributed by atoms with E-state index in [1.807, 2.05) is 0 Å². The first-order valence-corrected chi connectivity index (χ1v) is 10.5. The zero-order valence-corrected chi connectivity index (χ0v) is 15.3. The molecule has 0 unspecified atom stereocenters. The Hall–Kier alpha value is -1.90. The van der Waals surface area contributed by atoms with Crippen LogP contribution in [0.4, 0.5) is 0 Å². The summed E-state index contributed by atoms with van der Waals surface area (Å²) in [7, 11) is -2.30. The van der Waals surface area contributed by atoms with Crippen molar-refractivity contribution in [2.75, 3.05) is 0 Å². The second-order valence-electron chi connectivity index (χ2n) is 7.14. The summed E-state index contributed by atoms with van der Waals surface area (Å²) in [5.74, 6) is 0. The molecule has 0 heterocycles. The summed E-state index contributed by atoms with van der Waals surface area (Å²) < 4.78 is 6.74. The molecule has 2 heteroatoms. The lowest BCUT2D eigenvalue weighted by molar-refractivity contribution is 0.127. The van der Waals surface area contributed by atoms with E-state index in [1.54, 1.807) is 0 Å². The first kappa shape index (κ1) is 16.0. The summed E-state index contributed by atoms with van der Waals surface area (Å²) in [4.78, 5) is 0. The summed E-state index contributed by atoms with van der Waals surface area (Å²) in [6.07, 6.45) is 0. The molecule has 0 aliphatic heterocycles. The van der Waals surface area contributed by atoms with E-state index in [0.29, 0.717) is 0 Å². The quantitative estimate of drug-likeness (QED) is 0.652. The van der Waals surface area contributed by atoms with Gasteiger partial charge >= 0.3 is 0 Å². The molecule has 0 saturated carbocycles. The Balaban J connectivity index is 2.26. The summed E-state index contributed by atoms with van der Waals surface area (Å²) in [5, 5.41) is 5.23. The first-order valence-electron chi connectivity index (χ1n) is 8.14. The molecule has 0 amide bonds. The molecule has 118 valence electrons. The number of rotatable bonds is 3. The molecule has 1 nitrogen and oxygen atoms in total. The van der Waals surface area contributed by atoms with Crippen molar-refractivity contribution in [1.82, 2.24) is 0 Å². The van der Waals surface area contributed by atoms with Crippen LogP contribution in [-0.2, 0) is 4.43 Å². The van der Waals surface area contributed by atoms with Gasteiger partial charge in [-0.3, -0.25) is 0 Å². The van der Waals surface area contributed by atoms with Crippen molar-refractivity contribution in [1.29, 1.82) is 0 Å². The molecule has 3 aromatic rings. The van der Waals surface area contributed by atoms with Gasteiger partial charge in [-0.1, -0.05) is 72.8 Å². The van der Waals surface area contributed by atoms with E-state index in [-0.39, 0.29) is 5.60 Å². The highest BCUT2D eigenvalue weighted by molar-refractivity contribution is 6.98. The Kier molecular flexibility index (Phi) is 4.13. The van der Waals surface area contributed by atoms with Crippen LogP contribution in [0.3, 0.4) is 0 Å². The van der Waals surface area contributed by atoms with Gasteiger partial charge in [-0.15, -0.1) is 0 Å². The average Bonchev–Trinajstić information content (AvgIpc) is 2.53. The van der Waals surface area contributed by atoms with Gasteiger partial charge in [-0.25, -0.2) is 0 Å².